The molecule has 1 spiro atoms. The molecule has 22 heteroatoms. The fourth-order valence-electron chi connectivity index (χ4n) is 14.8. The van der Waals surface area contributed by atoms with Crippen LogP contribution in [-0.4, -0.2) is 158 Å². The first kappa shape index (κ1) is 58.0. The normalized spacial score (nSPS) is 25.5. The van der Waals surface area contributed by atoms with E-state index in [4.69, 9.17) is 28.9 Å². The number of aliphatic hydroxyl groups is 1. The molecule has 3 aromatic carbocycles. The summed E-state index contributed by atoms with van der Waals surface area (Å²) in [5.74, 6) is 1.33. The zero-order valence-electron chi connectivity index (χ0n) is 49.6. The molecule has 4 atom stereocenters. The summed E-state index contributed by atoms with van der Waals surface area (Å²) in [5.41, 5.74) is 5.82. The number of aryl methyl sites for hydroxylation is 1. The van der Waals surface area contributed by atoms with E-state index in [1.54, 1.807) is 13.2 Å². The van der Waals surface area contributed by atoms with Gasteiger partial charge in [0.05, 0.1) is 65.7 Å². The number of aromatic nitrogens is 3. The van der Waals surface area contributed by atoms with E-state index in [-0.39, 0.29) is 40.7 Å². The molecule has 2 aliphatic carbocycles. The summed E-state index contributed by atoms with van der Waals surface area (Å²) in [7, 11) is -2.92. The van der Waals surface area contributed by atoms with Gasteiger partial charge in [-0.1, -0.05) is 24.3 Å². The molecular weight excluding hydrogens is 1110 g/mol. The number of nitrogens with one attached hydrogen (secondary N) is 3. The van der Waals surface area contributed by atoms with E-state index in [1.807, 2.05) is 43.6 Å². The molecule has 4 N–H and O–H groups in total. The Bertz CT molecular complexity index is 3610. The number of nitro groups is 1. The van der Waals surface area contributed by atoms with Gasteiger partial charge in [0.15, 0.2) is 11.6 Å². The molecule has 6 fully saturated rings. The minimum atomic E-state index is -4.65. The van der Waals surface area contributed by atoms with Crippen LogP contribution in [0, 0.1) is 28.4 Å². The molecule has 0 radical (unpaired) electrons. The standard InChI is InChI=1S/C64H79N11O10S/c1-41-7-5-6-8-49(41)56-38-70(37-44-29-57(82-4)60(67-36-44)72-26-28-84-39-42(72)2)24-25-73(56)47-33-64(34-47)19-22-71(23-20-64)46-9-11-50(53(31-46)74-52-16-27-83-40-58(52)85-62-55(74)30-45-15-21-65-59(45)68-62)61(76)69-86(80,81)48-10-12-51(54(32-48)75(78)79)66-35-43-13-17-63(3,77)18-14-43/h5-12,15,21,29-32,36,42-43,47,52,56,58,66,77H,13-14,16-20,22-28,33-35,37-40H2,1-4H3,(H,65,68)(H,69,76)/t42-,43?,52+,56+,58+,63?/m1/s1. The predicted octanol–water partition coefficient (Wildman–Crippen LogP) is 8.88. The largest absolute Gasteiger partial charge is 0.493 e. The number of ether oxygens (including phenoxy) is 4. The smallest absolute Gasteiger partial charge is 0.293 e. The van der Waals surface area contributed by atoms with Gasteiger partial charge in [0, 0.05) is 101 Å². The molecule has 6 aromatic rings. The number of fused-ring (bicyclic) bond motifs is 3. The van der Waals surface area contributed by atoms with Crippen LogP contribution in [0.15, 0.2) is 96.2 Å². The van der Waals surface area contributed by atoms with Crippen molar-refractivity contribution in [3.05, 3.63) is 124 Å². The van der Waals surface area contributed by atoms with E-state index >= 15 is 0 Å². The lowest BCUT2D eigenvalue weighted by Gasteiger charge is -2.58. The number of nitro benzene ring substituents is 1. The average molecular weight is 1190 g/mol. The second-order valence-electron chi connectivity index (χ2n) is 25.5. The number of pyridine rings is 2. The SMILES string of the molecule is COc1cc(CN2CCN(C3CC4(CCN(c5ccc(C(=O)NS(=O)(=O)c6ccc(NCC7CCC(C)(O)CC7)c([N+](=O)[O-])c6)c(N6c7cc8cc[nH]c8nc7O[C@H]7COCC[C@@H]76)c5)CC4)C3)[C@H](c3ccccc3C)C2)cnc1N1CCOC[C@H]1C. The summed E-state index contributed by atoms with van der Waals surface area (Å²) >= 11 is 0. The van der Waals surface area contributed by atoms with Crippen molar-refractivity contribution in [2.24, 2.45) is 11.3 Å². The number of piperazine rings is 1. The number of amides is 1. The lowest BCUT2D eigenvalue weighted by Crippen LogP contribution is -2.59. The minimum Gasteiger partial charge on any atom is -0.493 e. The molecular formula is C64H79N11O10S. The molecule has 7 aliphatic rings. The number of anilines is 5. The fourth-order valence-corrected chi connectivity index (χ4v) is 15.7. The van der Waals surface area contributed by atoms with Gasteiger partial charge in [0.1, 0.15) is 23.1 Å². The number of benzene rings is 3. The Morgan fingerprint density at radius 1 is 0.930 bits per heavy atom. The number of methoxy groups -OCH3 is 1. The van der Waals surface area contributed by atoms with Gasteiger partial charge >= 0.3 is 0 Å². The first-order valence-electron chi connectivity index (χ1n) is 30.6. The van der Waals surface area contributed by atoms with Crippen LogP contribution >= 0.6 is 0 Å². The fraction of sp³-hybridized carbons (Fsp3) is 0.516. The lowest BCUT2D eigenvalue weighted by atomic mass is 9.59. The summed E-state index contributed by atoms with van der Waals surface area (Å²) in [6.07, 6.45) is 11.0. The number of carbonyl (C=O) groups excluding carboxylic acids is 1. The van der Waals surface area contributed by atoms with Crippen molar-refractivity contribution >= 4 is 61.2 Å². The Morgan fingerprint density at radius 3 is 2.51 bits per heavy atom. The second-order valence-corrected chi connectivity index (χ2v) is 27.1. The Morgan fingerprint density at radius 2 is 1.73 bits per heavy atom. The second kappa shape index (κ2) is 23.5. The van der Waals surface area contributed by atoms with E-state index in [9.17, 15) is 28.4 Å². The minimum absolute atomic E-state index is 0.107. The van der Waals surface area contributed by atoms with E-state index in [1.165, 1.54) is 23.3 Å². The molecule has 3 aromatic heterocycles. The number of carbonyl (C=O) groups is 1. The van der Waals surface area contributed by atoms with Crippen molar-refractivity contribution in [2.75, 3.05) is 99.4 Å². The number of H-pyrrole nitrogens is 1. The van der Waals surface area contributed by atoms with Crippen LogP contribution in [0.3, 0.4) is 0 Å². The van der Waals surface area contributed by atoms with Gasteiger partial charge in [-0.15, -0.1) is 0 Å². The summed E-state index contributed by atoms with van der Waals surface area (Å²) in [5, 5.41) is 26.9. The highest BCUT2D eigenvalue weighted by Crippen LogP contribution is 2.54. The molecule has 8 heterocycles. The summed E-state index contributed by atoms with van der Waals surface area (Å²) in [6, 6.07) is 24.8. The van der Waals surface area contributed by atoms with E-state index in [0.717, 1.165) is 119 Å². The Kier molecular flexibility index (Phi) is 15.9. The quantitative estimate of drug-likeness (QED) is 0.0555. The number of nitrogens with zero attached hydrogens (tertiary/aromatic N) is 8. The molecule has 456 valence electrons. The number of hydrogen-bond acceptors (Lipinski definition) is 18. The maximum absolute atomic E-state index is 14.9. The summed E-state index contributed by atoms with van der Waals surface area (Å²) < 4.78 is 55.1. The summed E-state index contributed by atoms with van der Waals surface area (Å²) in [6.45, 7) is 14.7. The maximum atomic E-state index is 14.9. The van der Waals surface area contributed by atoms with Gasteiger partial charge in [0.25, 0.3) is 21.6 Å². The van der Waals surface area contributed by atoms with Crippen molar-refractivity contribution in [2.45, 2.75) is 126 Å². The highest BCUT2D eigenvalue weighted by Gasteiger charge is 2.50. The zero-order valence-corrected chi connectivity index (χ0v) is 50.4. The molecule has 86 heavy (non-hydrogen) atoms. The number of sulfonamides is 1. The number of aromatic amines is 1. The van der Waals surface area contributed by atoms with Crippen LogP contribution in [-0.2, 0) is 26.0 Å². The third-order valence-corrected chi connectivity index (χ3v) is 21.1. The number of morpholine rings is 1. The predicted molar refractivity (Wildman–Crippen MR) is 328 cm³/mol. The van der Waals surface area contributed by atoms with Crippen molar-refractivity contribution in [3.8, 4) is 11.6 Å². The van der Waals surface area contributed by atoms with Gasteiger partial charge in [-0.05, 0) is 155 Å². The van der Waals surface area contributed by atoms with Crippen LogP contribution in [0.4, 0.5) is 34.3 Å². The molecule has 1 amide bonds. The molecule has 0 bridgehead atoms. The molecule has 4 saturated heterocycles. The van der Waals surface area contributed by atoms with E-state index in [0.29, 0.717) is 81.2 Å². The molecule has 13 rings (SSSR count). The zero-order chi connectivity index (χ0) is 59.5. The van der Waals surface area contributed by atoms with Gasteiger partial charge in [0.2, 0.25) is 5.88 Å². The molecule has 2 saturated carbocycles. The van der Waals surface area contributed by atoms with Crippen LogP contribution in [0.5, 0.6) is 11.6 Å². The lowest BCUT2D eigenvalue weighted by molar-refractivity contribution is -0.384. The monoisotopic (exact) mass is 1190 g/mol. The highest BCUT2D eigenvalue weighted by molar-refractivity contribution is 7.90. The number of piperidine rings is 1. The topological polar surface area (TPSA) is 233 Å². The third-order valence-electron chi connectivity index (χ3n) is 19.8. The average Bonchev–Trinajstić information content (AvgIpc) is 1.55. The van der Waals surface area contributed by atoms with Crippen LogP contribution < -0.4 is 34.2 Å². The number of rotatable bonds is 15. The van der Waals surface area contributed by atoms with Crippen LogP contribution in [0.2, 0.25) is 0 Å². The van der Waals surface area contributed by atoms with Crippen molar-refractivity contribution in [1.29, 1.82) is 0 Å². The van der Waals surface area contributed by atoms with E-state index in [2.05, 4.69) is 83.7 Å². The Balaban J connectivity index is 0.735. The Labute approximate surface area is 502 Å². The van der Waals surface area contributed by atoms with Gasteiger partial charge in [-0.2, -0.15) is 4.98 Å². The number of hydrogen-bond donors (Lipinski definition) is 4. The highest BCUT2D eigenvalue weighted by atomic mass is 32.2. The first-order chi connectivity index (χ1) is 41.5. The van der Waals surface area contributed by atoms with Crippen molar-refractivity contribution in [1.82, 2.24) is 29.5 Å². The van der Waals surface area contributed by atoms with Gasteiger partial charge in [-0.25, -0.2) is 18.1 Å². The third kappa shape index (κ3) is 11.6. The van der Waals surface area contributed by atoms with Gasteiger partial charge in [-0.3, -0.25) is 24.7 Å². The Hall–Kier alpha value is -7.08. The first-order valence-corrected chi connectivity index (χ1v) is 32.1. The van der Waals surface area contributed by atoms with Crippen LogP contribution in [0.25, 0.3) is 11.0 Å². The van der Waals surface area contributed by atoms with Crippen molar-refractivity contribution in [3.63, 3.8) is 0 Å². The molecule has 21 nitrogen and oxygen atoms in total. The summed E-state index contributed by atoms with van der Waals surface area (Å²) in [4.78, 5) is 51.4. The van der Waals surface area contributed by atoms with Gasteiger partial charge < -0.3 is 49.1 Å². The van der Waals surface area contributed by atoms with E-state index < -0.39 is 43.1 Å². The molecule has 0 unspecified atom stereocenters. The maximum Gasteiger partial charge on any atom is 0.293 e. The van der Waals surface area contributed by atoms with Crippen LogP contribution in [0.1, 0.15) is 105 Å². The van der Waals surface area contributed by atoms with Crippen molar-refractivity contribution < 1.29 is 42.2 Å². The molecule has 5 aliphatic heterocycles.